The Morgan fingerprint density at radius 1 is 1.26 bits per heavy atom. The molecule has 1 atom stereocenters. The van der Waals surface area contributed by atoms with Crippen molar-refractivity contribution in [3.8, 4) is 11.5 Å². The Hall–Kier alpha value is -2.24. The van der Waals surface area contributed by atoms with E-state index in [4.69, 9.17) is 5.73 Å². The molecule has 6 nitrogen and oxygen atoms in total. The number of para-hydroxylation sites is 1. The van der Waals surface area contributed by atoms with E-state index in [2.05, 4.69) is 0 Å². The predicted octanol–water partition coefficient (Wildman–Crippen LogP) is 0.578. The summed E-state index contributed by atoms with van der Waals surface area (Å²) in [4.78, 5) is 25.1. The Kier molecular flexibility index (Phi) is 3.59. The Balaban J connectivity index is 2.31. The average Bonchev–Trinajstić information content (AvgIpc) is 2.41. The Morgan fingerprint density at radius 2 is 2.00 bits per heavy atom. The average molecular weight is 264 g/mol. The summed E-state index contributed by atoms with van der Waals surface area (Å²) < 4.78 is 0. The van der Waals surface area contributed by atoms with Crippen LogP contribution in [0.2, 0.25) is 0 Å². The maximum absolute atomic E-state index is 12.3. The lowest BCUT2D eigenvalue weighted by Gasteiger charge is -2.33. The molecule has 1 unspecified atom stereocenters. The zero-order valence-corrected chi connectivity index (χ0v) is 10.4. The molecule has 2 rings (SSSR count). The number of nitrogens with two attached hydrogens (primary N) is 1. The lowest BCUT2D eigenvalue weighted by molar-refractivity contribution is -0.123. The molecule has 1 aliphatic rings. The quantitative estimate of drug-likeness (QED) is 0.679. The molecule has 0 aliphatic carbocycles. The van der Waals surface area contributed by atoms with E-state index in [0.717, 1.165) is 12.8 Å². The van der Waals surface area contributed by atoms with Gasteiger partial charge in [-0.2, -0.15) is 0 Å². The van der Waals surface area contributed by atoms with Crippen LogP contribution in [0.25, 0.3) is 0 Å². The molecule has 2 amide bonds. The van der Waals surface area contributed by atoms with Gasteiger partial charge in [0.15, 0.2) is 11.5 Å². The third-order valence-electron chi connectivity index (χ3n) is 3.34. The number of benzene rings is 1. The Bertz CT molecular complexity index is 515. The second-order valence-corrected chi connectivity index (χ2v) is 4.59. The van der Waals surface area contributed by atoms with Gasteiger partial charge in [-0.25, -0.2) is 0 Å². The van der Waals surface area contributed by atoms with E-state index in [1.54, 1.807) is 0 Å². The number of phenols is 2. The topological polar surface area (TPSA) is 104 Å². The van der Waals surface area contributed by atoms with Crippen molar-refractivity contribution in [2.45, 2.75) is 25.3 Å². The minimum Gasteiger partial charge on any atom is -0.504 e. The number of hydrogen-bond acceptors (Lipinski definition) is 4. The van der Waals surface area contributed by atoms with Gasteiger partial charge in [-0.3, -0.25) is 9.59 Å². The maximum atomic E-state index is 12.3. The number of primary amides is 1. The van der Waals surface area contributed by atoms with Crippen LogP contribution in [-0.2, 0) is 4.79 Å². The summed E-state index contributed by atoms with van der Waals surface area (Å²) in [6.45, 7) is 0.418. The van der Waals surface area contributed by atoms with Crippen LogP contribution in [0.3, 0.4) is 0 Å². The number of likely N-dealkylation sites (tertiary alicyclic amines) is 1. The first-order valence-electron chi connectivity index (χ1n) is 6.13. The third kappa shape index (κ3) is 2.47. The number of carbonyl (C=O) groups excluding carboxylic acids is 2. The number of phenolic OH excluding ortho intramolecular Hbond substituents is 2. The highest BCUT2D eigenvalue weighted by molar-refractivity contribution is 6.00. The lowest BCUT2D eigenvalue weighted by atomic mass is 10.00. The first-order chi connectivity index (χ1) is 9.02. The maximum Gasteiger partial charge on any atom is 0.258 e. The van der Waals surface area contributed by atoms with Crippen LogP contribution in [0, 0.1) is 0 Å². The second kappa shape index (κ2) is 5.17. The van der Waals surface area contributed by atoms with Gasteiger partial charge in [0.25, 0.3) is 5.91 Å². The summed E-state index contributed by atoms with van der Waals surface area (Å²) >= 11 is 0. The van der Waals surface area contributed by atoms with Crippen molar-refractivity contribution in [2.75, 3.05) is 6.54 Å². The first-order valence-corrected chi connectivity index (χ1v) is 6.13. The highest BCUT2D eigenvalue weighted by atomic mass is 16.3. The van der Waals surface area contributed by atoms with Crippen LogP contribution in [0.5, 0.6) is 11.5 Å². The van der Waals surface area contributed by atoms with Gasteiger partial charge in [-0.05, 0) is 31.4 Å². The van der Waals surface area contributed by atoms with E-state index >= 15 is 0 Å². The number of carbonyl (C=O) groups is 2. The van der Waals surface area contributed by atoms with Gasteiger partial charge in [0.05, 0.1) is 5.56 Å². The van der Waals surface area contributed by atoms with Gasteiger partial charge >= 0.3 is 0 Å². The molecule has 1 aliphatic heterocycles. The molecule has 1 fully saturated rings. The van der Waals surface area contributed by atoms with Crippen molar-refractivity contribution in [3.63, 3.8) is 0 Å². The Labute approximate surface area is 110 Å². The zero-order valence-electron chi connectivity index (χ0n) is 10.4. The van der Waals surface area contributed by atoms with E-state index in [1.165, 1.54) is 23.1 Å². The van der Waals surface area contributed by atoms with Gasteiger partial charge in [-0.1, -0.05) is 6.07 Å². The summed E-state index contributed by atoms with van der Waals surface area (Å²) in [6.07, 6.45) is 2.15. The van der Waals surface area contributed by atoms with Gasteiger partial charge in [0, 0.05) is 6.54 Å². The number of amides is 2. The SMILES string of the molecule is NC(=O)C1CCCCN1C(=O)c1cccc(O)c1O. The normalized spacial score (nSPS) is 19.2. The second-order valence-electron chi connectivity index (χ2n) is 4.59. The van der Waals surface area contributed by atoms with E-state index in [9.17, 15) is 19.8 Å². The van der Waals surface area contributed by atoms with Crippen LogP contribution >= 0.6 is 0 Å². The molecule has 1 saturated heterocycles. The summed E-state index contributed by atoms with van der Waals surface area (Å²) in [6, 6.07) is 3.51. The smallest absolute Gasteiger partial charge is 0.258 e. The molecule has 0 aromatic heterocycles. The molecule has 1 heterocycles. The van der Waals surface area contributed by atoms with Crippen LogP contribution in [-0.4, -0.2) is 39.5 Å². The molecule has 0 bridgehead atoms. The van der Waals surface area contributed by atoms with Gasteiger partial charge in [0.1, 0.15) is 6.04 Å². The third-order valence-corrected chi connectivity index (χ3v) is 3.34. The zero-order chi connectivity index (χ0) is 14.0. The molecule has 19 heavy (non-hydrogen) atoms. The number of rotatable bonds is 2. The summed E-state index contributed by atoms with van der Waals surface area (Å²) in [5.41, 5.74) is 5.28. The van der Waals surface area contributed by atoms with Crippen molar-refractivity contribution >= 4 is 11.8 Å². The number of nitrogens with zero attached hydrogens (tertiary/aromatic N) is 1. The van der Waals surface area contributed by atoms with Gasteiger partial charge < -0.3 is 20.8 Å². The molecule has 4 N–H and O–H groups in total. The molecule has 0 saturated carbocycles. The summed E-state index contributed by atoms with van der Waals surface area (Å²) in [5.74, 6) is -1.87. The number of piperidine rings is 1. The molecule has 1 aromatic rings. The van der Waals surface area contributed by atoms with Crippen LogP contribution in [0.4, 0.5) is 0 Å². The fraction of sp³-hybridized carbons (Fsp3) is 0.385. The largest absolute Gasteiger partial charge is 0.504 e. The standard InChI is InChI=1S/C13H16N2O4/c14-12(18)9-5-1-2-7-15(9)13(19)8-4-3-6-10(16)11(8)17/h3-4,6,9,16-17H,1-2,5,7H2,(H2,14,18). The van der Waals surface area contributed by atoms with E-state index in [0.29, 0.717) is 13.0 Å². The number of aromatic hydroxyl groups is 2. The van der Waals surface area contributed by atoms with Crippen LogP contribution in [0.1, 0.15) is 29.6 Å². The molecular formula is C13H16N2O4. The first kappa shape index (κ1) is 13.2. The molecule has 0 radical (unpaired) electrons. The highest BCUT2D eigenvalue weighted by Crippen LogP contribution is 2.30. The van der Waals surface area contributed by atoms with E-state index < -0.39 is 23.6 Å². The summed E-state index contributed by atoms with van der Waals surface area (Å²) in [5, 5.41) is 19.1. The highest BCUT2D eigenvalue weighted by Gasteiger charge is 2.32. The van der Waals surface area contributed by atoms with E-state index in [-0.39, 0.29) is 11.3 Å². The van der Waals surface area contributed by atoms with E-state index in [1.807, 2.05) is 0 Å². The van der Waals surface area contributed by atoms with Gasteiger partial charge in [-0.15, -0.1) is 0 Å². The van der Waals surface area contributed by atoms with Crippen molar-refractivity contribution in [1.29, 1.82) is 0 Å². The minimum absolute atomic E-state index is 0.0202. The number of hydrogen-bond donors (Lipinski definition) is 3. The Morgan fingerprint density at radius 3 is 2.68 bits per heavy atom. The van der Waals surface area contributed by atoms with Crippen molar-refractivity contribution < 1.29 is 19.8 Å². The fourth-order valence-corrected chi connectivity index (χ4v) is 2.33. The molecule has 102 valence electrons. The molecule has 6 heteroatoms. The molecular weight excluding hydrogens is 248 g/mol. The van der Waals surface area contributed by atoms with Crippen molar-refractivity contribution in [2.24, 2.45) is 5.73 Å². The lowest BCUT2D eigenvalue weighted by Crippen LogP contribution is -2.50. The minimum atomic E-state index is -0.650. The molecule has 1 aromatic carbocycles. The summed E-state index contributed by atoms with van der Waals surface area (Å²) in [7, 11) is 0. The van der Waals surface area contributed by atoms with Crippen LogP contribution < -0.4 is 5.73 Å². The predicted molar refractivity (Wildman–Crippen MR) is 67.6 cm³/mol. The van der Waals surface area contributed by atoms with Gasteiger partial charge in [0.2, 0.25) is 5.91 Å². The monoisotopic (exact) mass is 264 g/mol. The fourth-order valence-electron chi connectivity index (χ4n) is 2.33. The van der Waals surface area contributed by atoms with Crippen molar-refractivity contribution in [3.05, 3.63) is 23.8 Å². The van der Waals surface area contributed by atoms with Crippen molar-refractivity contribution in [1.82, 2.24) is 4.90 Å². The van der Waals surface area contributed by atoms with Crippen LogP contribution in [0.15, 0.2) is 18.2 Å². The molecule has 0 spiro atoms.